The maximum atomic E-state index is 12.1. The average Bonchev–Trinajstić information content (AvgIpc) is 2.90. The Kier molecular flexibility index (Phi) is 8.82. The van der Waals surface area contributed by atoms with Crippen LogP contribution in [-0.4, -0.2) is 51.0 Å². The summed E-state index contributed by atoms with van der Waals surface area (Å²) in [5.41, 5.74) is 12.0. The van der Waals surface area contributed by atoms with Gasteiger partial charge >= 0.3 is 0 Å². The van der Waals surface area contributed by atoms with E-state index in [1.807, 2.05) is 0 Å². The third-order valence-corrected chi connectivity index (χ3v) is 7.27. The van der Waals surface area contributed by atoms with Gasteiger partial charge in [-0.3, -0.25) is 9.44 Å². The third-order valence-electron chi connectivity index (χ3n) is 4.56. The lowest BCUT2D eigenvalue weighted by Gasteiger charge is -2.09. The average molecular weight is 561 g/mol. The van der Waals surface area contributed by atoms with E-state index >= 15 is 0 Å². The van der Waals surface area contributed by atoms with Gasteiger partial charge in [-0.05, 0) is 48.5 Å². The Morgan fingerprint density at radius 2 is 0.895 bits per heavy atom. The van der Waals surface area contributed by atoms with Crippen LogP contribution in [0.4, 0.5) is 23.0 Å². The fraction of sp³-hybridized carbons (Fsp3) is 0.0909. The second-order valence-electron chi connectivity index (χ2n) is 7.18. The van der Waals surface area contributed by atoms with Crippen LogP contribution in [0.15, 0.2) is 83.1 Å². The molecule has 0 radical (unpaired) electrons. The summed E-state index contributed by atoms with van der Waals surface area (Å²) < 4.78 is 62.9. The standard InChI is InChI=1S/2C11H12N4O3S/c2*1-18-11-10(13-6-7-14-11)15-19(16,17)9-4-2-8(12)3-5-9/h2*2-7H,12H2,1H3,(H,13,15). The van der Waals surface area contributed by atoms with E-state index in [1.54, 1.807) is 0 Å². The molecule has 14 nitrogen and oxygen atoms in total. The van der Waals surface area contributed by atoms with Crippen molar-refractivity contribution in [2.75, 3.05) is 35.1 Å². The summed E-state index contributed by atoms with van der Waals surface area (Å²) in [4.78, 5) is 15.6. The van der Waals surface area contributed by atoms with E-state index in [0.29, 0.717) is 11.4 Å². The summed E-state index contributed by atoms with van der Waals surface area (Å²) in [5.74, 6) is 0.256. The Labute approximate surface area is 219 Å². The quantitative estimate of drug-likeness (QED) is 0.227. The van der Waals surface area contributed by atoms with Crippen LogP contribution >= 0.6 is 0 Å². The zero-order valence-corrected chi connectivity index (χ0v) is 21.8. The Hall–Kier alpha value is -4.70. The predicted molar refractivity (Wildman–Crippen MR) is 140 cm³/mol. The molecule has 0 aliphatic carbocycles. The molecule has 4 rings (SSSR count). The molecule has 2 aromatic carbocycles. The van der Waals surface area contributed by atoms with Crippen molar-refractivity contribution >= 4 is 43.1 Å². The molecular weight excluding hydrogens is 536 g/mol. The zero-order chi connectivity index (χ0) is 27.8. The van der Waals surface area contributed by atoms with Crippen molar-refractivity contribution in [3.8, 4) is 11.8 Å². The number of benzene rings is 2. The minimum atomic E-state index is -3.75. The largest absolute Gasteiger partial charge is 0.478 e. The van der Waals surface area contributed by atoms with E-state index in [1.165, 1.54) is 87.5 Å². The van der Waals surface area contributed by atoms with Crippen LogP contribution < -0.4 is 30.4 Å². The summed E-state index contributed by atoms with van der Waals surface area (Å²) in [6, 6.07) is 11.6. The molecule has 0 bridgehead atoms. The predicted octanol–water partition coefficient (Wildman–Crippen LogP) is 1.74. The summed E-state index contributed by atoms with van der Waals surface area (Å²) in [7, 11) is -4.74. The van der Waals surface area contributed by atoms with Crippen molar-refractivity contribution < 1.29 is 26.3 Å². The molecule has 0 aliphatic heterocycles. The van der Waals surface area contributed by atoms with E-state index in [9.17, 15) is 16.8 Å². The number of anilines is 4. The van der Waals surface area contributed by atoms with Gasteiger partial charge in [-0.15, -0.1) is 0 Å². The second kappa shape index (κ2) is 12.0. The lowest BCUT2D eigenvalue weighted by Crippen LogP contribution is -2.15. The zero-order valence-electron chi connectivity index (χ0n) is 20.1. The number of ether oxygens (including phenoxy) is 2. The van der Waals surface area contributed by atoms with Crippen molar-refractivity contribution in [1.29, 1.82) is 0 Å². The normalized spacial score (nSPS) is 11.0. The molecule has 0 amide bonds. The lowest BCUT2D eigenvalue weighted by molar-refractivity contribution is 0.398. The van der Waals surface area contributed by atoms with Crippen LogP contribution in [0, 0.1) is 0 Å². The van der Waals surface area contributed by atoms with Crippen LogP contribution in [0.3, 0.4) is 0 Å². The molecule has 2 aromatic heterocycles. The Morgan fingerprint density at radius 1 is 0.579 bits per heavy atom. The van der Waals surface area contributed by atoms with E-state index in [-0.39, 0.29) is 33.2 Å². The van der Waals surface area contributed by atoms with E-state index in [2.05, 4.69) is 29.4 Å². The molecule has 0 atom stereocenters. The highest BCUT2D eigenvalue weighted by atomic mass is 32.2. The summed E-state index contributed by atoms with van der Waals surface area (Å²) in [6.45, 7) is 0. The fourth-order valence-corrected chi connectivity index (χ4v) is 4.77. The number of hydrogen-bond acceptors (Lipinski definition) is 12. The van der Waals surface area contributed by atoms with Crippen molar-refractivity contribution in [1.82, 2.24) is 19.9 Å². The number of rotatable bonds is 8. The molecule has 0 fully saturated rings. The number of nitrogens with one attached hydrogen (secondary N) is 2. The number of nitrogens with two attached hydrogens (primary N) is 2. The van der Waals surface area contributed by atoms with Crippen LogP contribution in [0.5, 0.6) is 11.8 Å². The van der Waals surface area contributed by atoms with Crippen molar-refractivity contribution in [2.45, 2.75) is 9.79 Å². The number of nitrogens with zero attached hydrogens (tertiary/aromatic N) is 4. The smallest absolute Gasteiger partial charge is 0.263 e. The number of aromatic nitrogens is 4. The molecule has 16 heteroatoms. The van der Waals surface area contributed by atoms with Gasteiger partial charge in [0.1, 0.15) is 0 Å². The Morgan fingerprint density at radius 3 is 1.21 bits per heavy atom. The minimum absolute atomic E-state index is 0.0295. The third kappa shape index (κ3) is 7.17. The molecule has 0 saturated carbocycles. The fourth-order valence-electron chi connectivity index (χ4n) is 2.76. The SMILES string of the molecule is COc1nccnc1NS(=O)(=O)c1ccc(N)cc1.COc1nccnc1NS(=O)(=O)c1ccc(N)cc1. The maximum Gasteiger partial charge on any atom is 0.263 e. The molecule has 0 saturated heterocycles. The molecule has 0 unspecified atom stereocenters. The van der Waals surface area contributed by atoms with Gasteiger partial charge in [0.15, 0.2) is 0 Å². The number of methoxy groups -OCH3 is 2. The van der Waals surface area contributed by atoms with Crippen LogP contribution in [0.25, 0.3) is 0 Å². The number of nitrogen functional groups attached to an aromatic ring is 2. The first-order chi connectivity index (χ1) is 18.1. The van der Waals surface area contributed by atoms with Gasteiger partial charge in [0.2, 0.25) is 11.6 Å². The highest BCUT2D eigenvalue weighted by Gasteiger charge is 2.18. The van der Waals surface area contributed by atoms with Crippen LogP contribution in [0.2, 0.25) is 0 Å². The molecular formula is C22H24N8O6S2. The van der Waals surface area contributed by atoms with Gasteiger partial charge in [0.05, 0.1) is 24.0 Å². The molecule has 38 heavy (non-hydrogen) atoms. The summed E-state index contributed by atoms with van der Waals surface area (Å²) >= 11 is 0. The van der Waals surface area contributed by atoms with Gasteiger partial charge in [-0.1, -0.05) is 0 Å². The molecule has 2 heterocycles. The Bertz CT molecular complexity index is 1460. The number of sulfonamides is 2. The van der Waals surface area contributed by atoms with Crippen molar-refractivity contribution in [3.05, 3.63) is 73.3 Å². The van der Waals surface area contributed by atoms with Gasteiger partial charge in [-0.25, -0.2) is 36.8 Å². The van der Waals surface area contributed by atoms with Crippen molar-refractivity contribution in [2.24, 2.45) is 0 Å². The van der Waals surface area contributed by atoms with Crippen LogP contribution in [0.1, 0.15) is 0 Å². The van der Waals surface area contributed by atoms with Gasteiger partial charge in [0, 0.05) is 36.2 Å². The minimum Gasteiger partial charge on any atom is -0.478 e. The molecule has 4 aromatic rings. The first kappa shape index (κ1) is 27.9. The van der Waals surface area contributed by atoms with Gasteiger partial charge in [0.25, 0.3) is 31.8 Å². The van der Waals surface area contributed by atoms with Crippen molar-refractivity contribution in [3.63, 3.8) is 0 Å². The topological polar surface area (TPSA) is 214 Å². The highest BCUT2D eigenvalue weighted by molar-refractivity contribution is 7.93. The Balaban J connectivity index is 0.000000211. The number of hydrogen-bond donors (Lipinski definition) is 4. The molecule has 0 aliphatic rings. The molecule has 6 N–H and O–H groups in total. The first-order valence-electron chi connectivity index (χ1n) is 10.5. The van der Waals surface area contributed by atoms with E-state index in [0.717, 1.165) is 0 Å². The highest BCUT2D eigenvalue weighted by Crippen LogP contribution is 2.22. The monoisotopic (exact) mass is 560 g/mol. The van der Waals surface area contributed by atoms with E-state index in [4.69, 9.17) is 20.9 Å². The van der Waals surface area contributed by atoms with E-state index < -0.39 is 20.0 Å². The maximum absolute atomic E-state index is 12.1. The second-order valence-corrected chi connectivity index (χ2v) is 10.5. The lowest BCUT2D eigenvalue weighted by atomic mass is 10.3. The van der Waals surface area contributed by atoms with Gasteiger partial charge < -0.3 is 20.9 Å². The van der Waals surface area contributed by atoms with Gasteiger partial charge in [-0.2, -0.15) is 0 Å². The van der Waals surface area contributed by atoms with Crippen LogP contribution in [-0.2, 0) is 20.0 Å². The molecule has 200 valence electrons. The molecule has 0 spiro atoms. The summed E-state index contributed by atoms with van der Waals surface area (Å²) in [6.07, 6.45) is 5.53. The first-order valence-corrected chi connectivity index (χ1v) is 13.5. The summed E-state index contributed by atoms with van der Waals surface area (Å²) in [5, 5.41) is 0.